The fourth-order valence-corrected chi connectivity index (χ4v) is 8.60. The van der Waals surface area contributed by atoms with Gasteiger partial charge in [0.25, 0.3) is 0 Å². The van der Waals surface area contributed by atoms with Gasteiger partial charge < -0.3 is 13.7 Å². The number of hydrogen-bond donors (Lipinski definition) is 0. The van der Waals surface area contributed by atoms with Gasteiger partial charge in [-0.1, -0.05) is 123 Å². The van der Waals surface area contributed by atoms with E-state index in [4.69, 9.17) is 13.8 Å². The molecular weight excluding hydrogens is 685 g/mol. The Labute approximate surface area is 324 Å². The topological polar surface area (TPSA) is 42.4 Å². The van der Waals surface area contributed by atoms with Crippen LogP contribution in [-0.4, -0.2) is 4.98 Å². The highest BCUT2D eigenvalue weighted by atomic mass is 16.3. The Bertz CT molecular complexity index is 3070. The van der Waals surface area contributed by atoms with E-state index in [-0.39, 0.29) is 5.41 Å². The van der Waals surface area contributed by atoms with E-state index in [1.165, 1.54) is 44.5 Å². The second-order valence-corrected chi connectivity index (χ2v) is 15.2. The molecule has 0 N–H and O–H groups in total. The summed E-state index contributed by atoms with van der Waals surface area (Å²) in [5, 5.41) is 2.12. The maximum Gasteiger partial charge on any atom is 0.227 e. The number of anilines is 3. The summed E-state index contributed by atoms with van der Waals surface area (Å²) >= 11 is 0. The molecule has 266 valence electrons. The van der Waals surface area contributed by atoms with E-state index in [0.717, 1.165) is 55.7 Å². The third-order valence-corrected chi connectivity index (χ3v) is 11.5. The van der Waals surface area contributed by atoms with Gasteiger partial charge in [-0.05, 0) is 111 Å². The smallest absolute Gasteiger partial charge is 0.227 e. The van der Waals surface area contributed by atoms with E-state index >= 15 is 0 Å². The van der Waals surface area contributed by atoms with Crippen molar-refractivity contribution < 1.29 is 8.83 Å². The molecule has 0 radical (unpaired) electrons. The summed E-state index contributed by atoms with van der Waals surface area (Å²) in [6.45, 7) is 4.67. The Balaban J connectivity index is 1.01. The molecule has 0 bridgehead atoms. The number of furan rings is 1. The van der Waals surface area contributed by atoms with Gasteiger partial charge in [0.15, 0.2) is 5.58 Å². The lowest BCUT2D eigenvalue weighted by Gasteiger charge is -2.28. The highest BCUT2D eigenvalue weighted by Gasteiger charge is 2.35. The van der Waals surface area contributed by atoms with E-state index in [9.17, 15) is 0 Å². The maximum atomic E-state index is 6.62. The zero-order valence-electron chi connectivity index (χ0n) is 31.0. The van der Waals surface area contributed by atoms with Gasteiger partial charge in [-0.2, -0.15) is 0 Å². The molecule has 0 saturated heterocycles. The Morgan fingerprint density at radius 1 is 0.411 bits per heavy atom. The largest absolute Gasteiger partial charge is 0.456 e. The van der Waals surface area contributed by atoms with Crippen molar-refractivity contribution in [1.29, 1.82) is 0 Å². The molecule has 2 aromatic heterocycles. The molecule has 0 spiro atoms. The average molecular weight is 721 g/mol. The minimum absolute atomic E-state index is 0.127. The van der Waals surface area contributed by atoms with Gasteiger partial charge in [0.05, 0.1) is 0 Å². The third kappa shape index (κ3) is 5.18. The fraction of sp³-hybridized carbons (Fsp3) is 0.0577. The number of para-hydroxylation sites is 2. The summed E-state index contributed by atoms with van der Waals surface area (Å²) in [4.78, 5) is 7.07. The molecule has 4 nitrogen and oxygen atoms in total. The lowest BCUT2D eigenvalue weighted by molar-refractivity contribution is 0.619. The molecule has 11 rings (SSSR count). The van der Waals surface area contributed by atoms with E-state index in [1.54, 1.807) is 0 Å². The van der Waals surface area contributed by atoms with Crippen LogP contribution in [0, 0.1) is 0 Å². The molecule has 1 aliphatic rings. The molecule has 0 fully saturated rings. The second-order valence-electron chi connectivity index (χ2n) is 15.2. The summed E-state index contributed by atoms with van der Waals surface area (Å²) in [5.41, 5.74) is 17.2. The Morgan fingerprint density at radius 3 is 1.73 bits per heavy atom. The van der Waals surface area contributed by atoms with Crippen molar-refractivity contribution >= 4 is 50.1 Å². The predicted molar refractivity (Wildman–Crippen MR) is 230 cm³/mol. The first-order valence-corrected chi connectivity index (χ1v) is 19.1. The second kappa shape index (κ2) is 12.4. The Kier molecular flexibility index (Phi) is 7.17. The van der Waals surface area contributed by atoms with Gasteiger partial charge in [0, 0.05) is 44.9 Å². The molecule has 0 atom stereocenters. The normalized spacial score (nSPS) is 13.0. The van der Waals surface area contributed by atoms with E-state index in [1.807, 2.05) is 30.3 Å². The third-order valence-electron chi connectivity index (χ3n) is 11.5. The molecular formula is C52H36N2O2. The Hall–Kier alpha value is -7.17. The molecule has 0 unspecified atom stereocenters. The number of hydrogen-bond acceptors (Lipinski definition) is 4. The van der Waals surface area contributed by atoms with Crippen molar-refractivity contribution in [3.8, 4) is 44.8 Å². The van der Waals surface area contributed by atoms with E-state index in [2.05, 4.69) is 170 Å². The number of rotatable bonds is 6. The number of aromatic nitrogens is 1. The molecule has 4 heteroatoms. The summed E-state index contributed by atoms with van der Waals surface area (Å²) in [6.07, 6.45) is 0. The van der Waals surface area contributed by atoms with Crippen LogP contribution in [0.25, 0.3) is 77.9 Å². The first kappa shape index (κ1) is 32.3. The highest BCUT2D eigenvalue weighted by Crippen LogP contribution is 2.51. The van der Waals surface area contributed by atoms with Crippen molar-refractivity contribution in [1.82, 2.24) is 4.98 Å². The zero-order valence-corrected chi connectivity index (χ0v) is 31.0. The molecule has 0 amide bonds. The highest BCUT2D eigenvalue weighted by molar-refractivity contribution is 6.07. The number of oxazole rings is 1. The van der Waals surface area contributed by atoms with Crippen LogP contribution >= 0.6 is 0 Å². The van der Waals surface area contributed by atoms with Crippen LogP contribution in [0.4, 0.5) is 17.1 Å². The van der Waals surface area contributed by atoms with Gasteiger partial charge in [-0.25, -0.2) is 4.98 Å². The standard InChI is InChI=1S/C52H36N2O2/c1-52(2)45-13-7-6-12-41(45)42-28-25-39(31-46(42)52)54(38-23-20-36(21-24-38)35-18-16-34(17-19-35)33-10-4-3-5-11-33)40-26-29-44-43-27-22-37(30-49(43)55-50(44)32-40)51-53-47-14-8-9-15-48(47)56-51/h3-32H,1-2H3. The van der Waals surface area contributed by atoms with Crippen molar-refractivity contribution in [3.05, 3.63) is 193 Å². The fourth-order valence-electron chi connectivity index (χ4n) is 8.60. The minimum Gasteiger partial charge on any atom is -0.456 e. The first-order valence-electron chi connectivity index (χ1n) is 19.1. The van der Waals surface area contributed by atoms with E-state index in [0.29, 0.717) is 5.89 Å². The molecule has 8 aromatic carbocycles. The number of fused-ring (bicyclic) bond motifs is 7. The first-order chi connectivity index (χ1) is 27.5. The van der Waals surface area contributed by atoms with Crippen LogP contribution < -0.4 is 4.90 Å². The molecule has 1 aliphatic carbocycles. The van der Waals surface area contributed by atoms with Gasteiger partial charge in [-0.15, -0.1) is 0 Å². The van der Waals surface area contributed by atoms with Crippen LogP contribution in [-0.2, 0) is 5.41 Å². The quantitative estimate of drug-likeness (QED) is 0.171. The molecule has 0 saturated carbocycles. The molecule has 0 aliphatic heterocycles. The van der Waals surface area contributed by atoms with Crippen LogP contribution in [0.3, 0.4) is 0 Å². The van der Waals surface area contributed by atoms with Crippen LogP contribution in [0.15, 0.2) is 191 Å². The maximum absolute atomic E-state index is 6.62. The lowest BCUT2D eigenvalue weighted by atomic mass is 9.82. The van der Waals surface area contributed by atoms with Gasteiger partial charge >= 0.3 is 0 Å². The van der Waals surface area contributed by atoms with Gasteiger partial charge in [-0.3, -0.25) is 0 Å². The zero-order chi connectivity index (χ0) is 37.4. The van der Waals surface area contributed by atoms with E-state index < -0.39 is 0 Å². The Morgan fingerprint density at radius 2 is 0.964 bits per heavy atom. The average Bonchev–Trinajstić information content (AvgIpc) is 3.91. The van der Waals surface area contributed by atoms with Crippen molar-refractivity contribution in [3.63, 3.8) is 0 Å². The van der Waals surface area contributed by atoms with Crippen LogP contribution in [0.2, 0.25) is 0 Å². The number of benzene rings is 8. The van der Waals surface area contributed by atoms with Crippen molar-refractivity contribution in [2.75, 3.05) is 4.90 Å². The van der Waals surface area contributed by atoms with Gasteiger partial charge in [0.1, 0.15) is 16.7 Å². The number of nitrogens with zero attached hydrogens (tertiary/aromatic N) is 2. The van der Waals surface area contributed by atoms with Crippen molar-refractivity contribution in [2.45, 2.75) is 19.3 Å². The van der Waals surface area contributed by atoms with Crippen LogP contribution in [0.1, 0.15) is 25.0 Å². The predicted octanol–water partition coefficient (Wildman–Crippen LogP) is 14.5. The summed E-state index contributed by atoms with van der Waals surface area (Å²) in [5.74, 6) is 0.581. The van der Waals surface area contributed by atoms with Crippen LogP contribution in [0.5, 0.6) is 0 Å². The molecule has 56 heavy (non-hydrogen) atoms. The molecule has 2 heterocycles. The minimum atomic E-state index is -0.127. The summed E-state index contributed by atoms with van der Waals surface area (Å²) in [6, 6.07) is 64.5. The lowest BCUT2D eigenvalue weighted by Crippen LogP contribution is -2.16. The summed E-state index contributed by atoms with van der Waals surface area (Å²) in [7, 11) is 0. The molecule has 10 aromatic rings. The SMILES string of the molecule is CC1(C)c2ccccc2-c2ccc(N(c3ccc(-c4ccc(-c5ccccc5)cc4)cc3)c3ccc4c(c3)oc3cc(-c5nc6ccccc6o5)ccc34)cc21. The van der Waals surface area contributed by atoms with Crippen molar-refractivity contribution in [2.24, 2.45) is 0 Å². The summed E-state index contributed by atoms with van der Waals surface area (Å²) < 4.78 is 12.7. The van der Waals surface area contributed by atoms with Gasteiger partial charge in [0.2, 0.25) is 5.89 Å². The monoisotopic (exact) mass is 720 g/mol.